The lowest BCUT2D eigenvalue weighted by Crippen LogP contribution is -2.61. The predicted octanol–water partition coefficient (Wildman–Crippen LogP) is -0.734. The first-order chi connectivity index (χ1) is 5.36. The Labute approximate surface area is 71.8 Å². The second-order valence-corrected chi connectivity index (χ2v) is 3.85. The summed E-state index contributed by atoms with van der Waals surface area (Å²) in [6.07, 6.45) is -3.61. The molecule has 0 amide bonds. The standard InChI is InChI=1S/C8H16O4/c1-4-5(9)6(10)7(11)8(2,3)12-4/h4-7,9-11H,1-3H3/t4?,5-,6+,7?/m0/s1. The van der Waals surface area contributed by atoms with Gasteiger partial charge in [0, 0.05) is 0 Å². The van der Waals surface area contributed by atoms with Crippen molar-refractivity contribution in [2.75, 3.05) is 0 Å². The minimum atomic E-state index is -1.12. The summed E-state index contributed by atoms with van der Waals surface area (Å²) < 4.78 is 5.31. The first kappa shape index (κ1) is 9.92. The summed E-state index contributed by atoms with van der Waals surface area (Å²) >= 11 is 0. The molecule has 1 heterocycles. The molecule has 1 fully saturated rings. The first-order valence-electron chi connectivity index (χ1n) is 4.08. The van der Waals surface area contributed by atoms with Crippen molar-refractivity contribution in [1.29, 1.82) is 0 Å². The van der Waals surface area contributed by atoms with Crippen molar-refractivity contribution in [3.63, 3.8) is 0 Å². The van der Waals surface area contributed by atoms with Gasteiger partial charge in [-0.2, -0.15) is 0 Å². The third-order valence-electron chi connectivity index (χ3n) is 2.36. The van der Waals surface area contributed by atoms with E-state index in [2.05, 4.69) is 0 Å². The third-order valence-corrected chi connectivity index (χ3v) is 2.36. The molecule has 0 saturated carbocycles. The largest absolute Gasteiger partial charge is 0.388 e. The van der Waals surface area contributed by atoms with E-state index in [-0.39, 0.29) is 0 Å². The van der Waals surface area contributed by atoms with E-state index < -0.39 is 30.0 Å². The van der Waals surface area contributed by atoms with Gasteiger partial charge in [-0.05, 0) is 20.8 Å². The average Bonchev–Trinajstić information content (AvgIpc) is 1.97. The van der Waals surface area contributed by atoms with Gasteiger partial charge in [-0.3, -0.25) is 0 Å². The van der Waals surface area contributed by atoms with E-state index in [0.29, 0.717) is 0 Å². The van der Waals surface area contributed by atoms with Crippen LogP contribution in [0.1, 0.15) is 20.8 Å². The number of aliphatic hydroxyl groups excluding tert-OH is 3. The van der Waals surface area contributed by atoms with Crippen LogP contribution in [0, 0.1) is 0 Å². The molecule has 3 N–H and O–H groups in total. The van der Waals surface area contributed by atoms with Crippen LogP contribution in [0.25, 0.3) is 0 Å². The number of rotatable bonds is 0. The minimum Gasteiger partial charge on any atom is -0.388 e. The highest BCUT2D eigenvalue weighted by Crippen LogP contribution is 2.28. The molecule has 0 aliphatic carbocycles. The lowest BCUT2D eigenvalue weighted by molar-refractivity contribution is -0.251. The molecule has 0 bridgehead atoms. The molecule has 0 aromatic rings. The normalized spacial score (nSPS) is 47.5. The van der Waals surface area contributed by atoms with E-state index in [1.165, 1.54) is 0 Å². The molecule has 72 valence electrons. The first-order valence-corrected chi connectivity index (χ1v) is 4.08. The fraction of sp³-hybridized carbons (Fsp3) is 1.00. The van der Waals surface area contributed by atoms with E-state index in [0.717, 1.165) is 0 Å². The van der Waals surface area contributed by atoms with Gasteiger partial charge < -0.3 is 20.1 Å². The summed E-state index contributed by atoms with van der Waals surface area (Å²) in [6, 6.07) is 0. The molecule has 0 radical (unpaired) electrons. The van der Waals surface area contributed by atoms with Crippen LogP contribution in [0.3, 0.4) is 0 Å². The second kappa shape index (κ2) is 2.96. The highest BCUT2D eigenvalue weighted by Gasteiger charge is 2.46. The smallest absolute Gasteiger partial charge is 0.111 e. The molecule has 1 saturated heterocycles. The molecule has 4 nitrogen and oxygen atoms in total. The minimum absolute atomic E-state index is 0.446. The van der Waals surface area contributed by atoms with Crippen LogP contribution < -0.4 is 0 Å². The topological polar surface area (TPSA) is 69.9 Å². The van der Waals surface area contributed by atoms with Gasteiger partial charge in [0.05, 0.1) is 11.7 Å². The van der Waals surface area contributed by atoms with Gasteiger partial charge in [0.1, 0.15) is 18.3 Å². The van der Waals surface area contributed by atoms with Gasteiger partial charge in [0.15, 0.2) is 0 Å². The average molecular weight is 176 g/mol. The van der Waals surface area contributed by atoms with Gasteiger partial charge in [-0.15, -0.1) is 0 Å². The Morgan fingerprint density at radius 1 is 1.08 bits per heavy atom. The van der Waals surface area contributed by atoms with Crippen LogP contribution in [-0.2, 0) is 4.74 Å². The summed E-state index contributed by atoms with van der Waals surface area (Å²) in [5.74, 6) is 0. The number of hydrogen-bond acceptors (Lipinski definition) is 4. The van der Waals surface area contributed by atoms with Gasteiger partial charge in [0.2, 0.25) is 0 Å². The molecule has 12 heavy (non-hydrogen) atoms. The van der Waals surface area contributed by atoms with Crippen molar-refractivity contribution in [3.8, 4) is 0 Å². The Hall–Kier alpha value is -0.160. The van der Waals surface area contributed by atoms with Crippen molar-refractivity contribution in [1.82, 2.24) is 0 Å². The van der Waals surface area contributed by atoms with Gasteiger partial charge >= 0.3 is 0 Å². The molecule has 1 aliphatic rings. The van der Waals surface area contributed by atoms with E-state index in [4.69, 9.17) is 4.74 Å². The summed E-state index contributed by atoms with van der Waals surface area (Å²) in [4.78, 5) is 0. The number of hydrogen-bond donors (Lipinski definition) is 3. The van der Waals surface area contributed by atoms with Crippen molar-refractivity contribution < 1.29 is 20.1 Å². The molecule has 4 heteroatoms. The van der Waals surface area contributed by atoms with Crippen molar-refractivity contribution in [2.24, 2.45) is 0 Å². The van der Waals surface area contributed by atoms with Crippen molar-refractivity contribution in [3.05, 3.63) is 0 Å². The zero-order valence-corrected chi connectivity index (χ0v) is 7.56. The maximum absolute atomic E-state index is 9.46. The van der Waals surface area contributed by atoms with E-state index in [1.54, 1.807) is 20.8 Å². The van der Waals surface area contributed by atoms with E-state index >= 15 is 0 Å². The second-order valence-electron chi connectivity index (χ2n) is 3.85. The monoisotopic (exact) mass is 176 g/mol. The quantitative estimate of drug-likeness (QED) is 0.455. The van der Waals surface area contributed by atoms with Crippen LogP contribution in [0.5, 0.6) is 0 Å². The lowest BCUT2D eigenvalue weighted by atomic mass is 9.88. The summed E-state index contributed by atoms with van der Waals surface area (Å²) in [5, 5.41) is 28.1. The molecule has 0 aromatic carbocycles. The highest BCUT2D eigenvalue weighted by molar-refractivity contribution is 4.95. The number of ether oxygens (including phenoxy) is 1. The fourth-order valence-electron chi connectivity index (χ4n) is 1.49. The van der Waals surface area contributed by atoms with Gasteiger partial charge in [-0.1, -0.05) is 0 Å². The van der Waals surface area contributed by atoms with Crippen LogP contribution in [0.4, 0.5) is 0 Å². The Kier molecular flexibility index (Phi) is 2.45. The highest BCUT2D eigenvalue weighted by atomic mass is 16.5. The van der Waals surface area contributed by atoms with E-state index in [9.17, 15) is 15.3 Å². The summed E-state index contributed by atoms with van der Waals surface area (Å²) in [7, 11) is 0. The van der Waals surface area contributed by atoms with Crippen LogP contribution in [0.2, 0.25) is 0 Å². The molecule has 0 aromatic heterocycles. The molecule has 0 spiro atoms. The van der Waals surface area contributed by atoms with Crippen LogP contribution in [-0.4, -0.2) is 45.3 Å². The zero-order chi connectivity index (χ0) is 9.52. The summed E-state index contributed by atoms with van der Waals surface area (Å²) in [6.45, 7) is 5.04. The van der Waals surface area contributed by atoms with E-state index in [1.807, 2.05) is 0 Å². The maximum Gasteiger partial charge on any atom is 0.111 e. The lowest BCUT2D eigenvalue weighted by Gasteiger charge is -2.44. The Bertz CT molecular complexity index is 168. The molecule has 1 rings (SSSR count). The zero-order valence-electron chi connectivity index (χ0n) is 7.56. The maximum atomic E-state index is 9.46. The summed E-state index contributed by atoms with van der Waals surface area (Å²) in [5.41, 5.74) is -0.794. The molecule has 4 atom stereocenters. The molecule has 1 aliphatic heterocycles. The SMILES string of the molecule is CC1OC(C)(C)C(O)[C@H](O)[C@H]1O. The Morgan fingerprint density at radius 3 is 2.08 bits per heavy atom. The van der Waals surface area contributed by atoms with Crippen molar-refractivity contribution >= 4 is 0 Å². The predicted molar refractivity (Wildman–Crippen MR) is 42.6 cm³/mol. The molecule has 2 unspecified atom stereocenters. The van der Waals surface area contributed by atoms with Crippen LogP contribution >= 0.6 is 0 Å². The number of aliphatic hydroxyl groups is 3. The van der Waals surface area contributed by atoms with Gasteiger partial charge in [-0.25, -0.2) is 0 Å². The molecular weight excluding hydrogens is 160 g/mol. The van der Waals surface area contributed by atoms with Crippen LogP contribution in [0.15, 0.2) is 0 Å². The Morgan fingerprint density at radius 2 is 1.58 bits per heavy atom. The van der Waals surface area contributed by atoms with Crippen molar-refractivity contribution in [2.45, 2.75) is 50.8 Å². The third kappa shape index (κ3) is 1.47. The molecular formula is C8H16O4. The van der Waals surface area contributed by atoms with Gasteiger partial charge in [0.25, 0.3) is 0 Å². The Balaban J connectivity index is 2.78. The fourth-order valence-corrected chi connectivity index (χ4v) is 1.49.